The Bertz CT molecular complexity index is 455. The number of nitrogens with one attached hydrogen (secondary N) is 2. The van der Waals surface area contributed by atoms with E-state index in [1.807, 2.05) is 0 Å². The number of rotatable bonds is 5. The summed E-state index contributed by atoms with van der Waals surface area (Å²) in [6.07, 6.45) is -1.69. The largest absolute Gasteiger partial charge is 0.433 e. The van der Waals surface area contributed by atoms with Crippen LogP contribution in [0.15, 0.2) is 34.9 Å². The van der Waals surface area contributed by atoms with Crippen molar-refractivity contribution in [1.29, 1.82) is 5.41 Å². The number of alkyl halides is 2. The molecule has 1 aromatic rings. The molecule has 3 nitrogen and oxygen atoms in total. The van der Waals surface area contributed by atoms with Crippen LogP contribution < -0.4 is 10.1 Å². The molecule has 18 heavy (non-hydrogen) atoms. The fourth-order valence-electron chi connectivity index (χ4n) is 1.10. The van der Waals surface area contributed by atoms with Crippen molar-refractivity contribution >= 4 is 42.2 Å². The molecule has 0 amide bonds. The number of ether oxygens (including phenoxy) is 1. The summed E-state index contributed by atoms with van der Waals surface area (Å²) in [7, 11) is 0. The first-order chi connectivity index (χ1) is 8.26. The zero-order valence-electron chi connectivity index (χ0n) is 9.31. The van der Waals surface area contributed by atoms with Gasteiger partial charge in [0.1, 0.15) is 5.75 Å². The minimum atomic E-state index is -3.19. The van der Waals surface area contributed by atoms with E-state index >= 15 is 0 Å². The number of anilines is 1. The predicted octanol–water partition coefficient (Wildman–Crippen LogP) is 4.70. The standard InChI is InChI=1S/C11H10Br2F2N2O/c1-11(14,15)18-8-4-2-7(3-5-8)17-10(13)6-9(12)16/h2-6,16-17H,1H3/b10-6-,16-9?. The second-order valence-electron chi connectivity index (χ2n) is 3.40. The number of halogens is 4. The van der Waals surface area contributed by atoms with Crippen LogP contribution in [0.1, 0.15) is 6.92 Å². The van der Waals surface area contributed by atoms with E-state index < -0.39 is 6.11 Å². The van der Waals surface area contributed by atoms with Crippen molar-refractivity contribution < 1.29 is 13.5 Å². The second-order valence-corrected chi connectivity index (χ2v) is 5.11. The van der Waals surface area contributed by atoms with Crippen LogP contribution in [0.5, 0.6) is 5.75 Å². The Balaban J connectivity index is 2.69. The topological polar surface area (TPSA) is 45.1 Å². The third-order valence-electron chi connectivity index (χ3n) is 1.67. The maximum Gasteiger partial charge on any atom is 0.394 e. The molecular formula is C11H10Br2F2N2O. The molecule has 1 aromatic carbocycles. The monoisotopic (exact) mass is 382 g/mol. The Morgan fingerprint density at radius 2 is 1.89 bits per heavy atom. The van der Waals surface area contributed by atoms with Crippen molar-refractivity contribution in [2.24, 2.45) is 0 Å². The molecule has 0 aromatic heterocycles. The molecule has 0 saturated heterocycles. The van der Waals surface area contributed by atoms with E-state index in [9.17, 15) is 8.78 Å². The fraction of sp³-hybridized carbons (Fsp3) is 0.182. The minimum absolute atomic E-state index is 0.0846. The molecule has 0 aliphatic rings. The molecule has 98 valence electrons. The highest BCUT2D eigenvalue weighted by atomic mass is 79.9. The van der Waals surface area contributed by atoms with Crippen LogP contribution in [-0.2, 0) is 0 Å². The number of hydrogen-bond acceptors (Lipinski definition) is 3. The van der Waals surface area contributed by atoms with E-state index in [0.717, 1.165) is 0 Å². The first kappa shape index (κ1) is 15.1. The molecule has 0 saturated carbocycles. The van der Waals surface area contributed by atoms with Gasteiger partial charge < -0.3 is 10.1 Å². The summed E-state index contributed by atoms with van der Waals surface area (Å²) < 4.78 is 30.3. The molecule has 0 aliphatic carbocycles. The molecule has 0 radical (unpaired) electrons. The van der Waals surface area contributed by atoms with E-state index in [1.54, 1.807) is 12.1 Å². The Morgan fingerprint density at radius 1 is 1.33 bits per heavy atom. The Kier molecular flexibility index (Phi) is 5.28. The summed E-state index contributed by atoms with van der Waals surface area (Å²) in [5.74, 6) is 0.0846. The van der Waals surface area contributed by atoms with Crippen molar-refractivity contribution in [2.75, 3.05) is 5.32 Å². The van der Waals surface area contributed by atoms with E-state index in [1.165, 1.54) is 18.2 Å². The molecule has 0 atom stereocenters. The third-order valence-corrected chi connectivity index (χ3v) is 2.32. The summed E-state index contributed by atoms with van der Waals surface area (Å²) in [4.78, 5) is 0. The Hall–Kier alpha value is -0.950. The molecule has 0 fully saturated rings. The summed E-state index contributed by atoms with van der Waals surface area (Å²) in [5.41, 5.74) is 0.679. The highest BCUT2D eigenvalue weighted by Gasteiger charge is 2.22. The van der Waals surface area contributed by atoms with Gasteiger partial charge >= 0.3 is 6.11 Å². The van der Waals surface area contributed by atoms with E-state index in [0.29, 0.717) is 17.2 Å². The molecule has 0 aliphatic heterocycles. The van der Waals surface area contributed by atoms with Crippen LogP contribution in [0, 0.1) is 5.41 Å². The maximum atomic E-state index is 12.6. The van der Waals surface area contributed by atoms with Crippen molar-refractivity contribution in [3.8, 4) is 5.75 Å². The lowest BCUT2D eigenvalue weighted by atomic mass is 10.3. The molecular weight excluding hydrogens is 374 g/mol. The Morgan fingerprint density at radius 3 is 2.33 bits per heavy atom. The summed E-state index contributed by atoms with van der Waals surface area (Å²) in [5, 5.41) is 10.1. The minimum Gasteiger partial charge on any atom is -0.433 e. The van der Waals surface area contributed by atoms with Gasteiger partial charge in [-0.05, 0) is 56.1 Å². The van der Waals surface area contributed by atoms with Crippen LogP contribution in [-0.4, -0.2) is 10.7 Å². The number of allylic oxidation sites excluding steroid dienone is 1. The van der Waals surface area contributed by atoms with Crippen molar-refractivity contribution in [2.45, 2.75) is 13.0 Å². The summed E-state index contributed by atoms with van der Waals surface area (Å²) >= 11 is 6.18. The quantitative estimate of drug-likeness (QED) is 0.571. The summed E-state index contributed by atoms with van der Waals surface area (Å²) in [6.45, 7) is 0.681. The van der Waals surface area contributed by atoms with Gasteiger partial charge in [0.25, 0.3) is 0 Å². The van der Waals surface area contributed by atoms with E-state index in [2.05, 4.69) is 41.9 Å². The number of benzene rings is 1. The zero-order valence-corrected chi connectivity index (χ0v) is 12.5. The highest BCUT2D eigenvalue weighted by Crippen LogP contribution is 2.23. The average molecular weight is 384 g/mol. The molecule has 0 bridgehead atoms. The first-order valence-corrected chi connectivity index (χ1v) is 6.40. The Labute approximate surface area is 120 Å². The van der Waals surface area contributed by atoms with Crippen molar-refractivity contribution in [3.63, 3.8) is 0 Å². The van der Waals surface area contributed by atoms with Crippen LogP contribution in [0.3, 0.4) is 0 Å². The van der Waals surface area contributed by atoms with E-state index in [4.69, 9.17) is 5.41 Å². The van der Waals surface area contributed by atoms with Crippen LogP contribution in [0.2, 0.25) is 0 Å². The number of hydrogen-bond donors (Lipinski definition) is 2. The van der Waals surface area contributed by atoms with Crippen LogP contribution in [0.25, 0.3) is 0 Å². The highest BCUT2D eigenvalue weighted by molar-refractivity contribution is 9.18. The molecule has 2 N–H and O–H groups in total. The average Bonchev–Trinajstić information content (AvgIpc) is 2.17. The lowest BCUT2D eigenvalue weighted by molar-refractivity contribution is -0.158. The van der Waals surface area contributed by atoms with Gasteiger partial charge in [-0.25, -0.2) is 0 Å². The summed E-state index contributed by atoms with van der Waals surface area (Å²) in [6, 6.07) is 6.04. The molecule has 0 spiro atoms. The molecule has 1 rings (SSSR count). The predicted molar refractivity (Wildman–Crippen MR) is 75.0 cm³/mol. The normalized spacial score (nSPS) is 12.2. The lowest BCUT2D eigenvalue weighted by Gasteiger charge is -2.13. The van der Waals surface area contributed by atoms with Gasteiger partial charge in [-0.1, -0.05) is 0 Å². The van der Waals surface area contributed by atoms with Gasteiger partial charge in [-0.15, -0.1) is 0 Å². The molecule has 0 unspecified atom stereocenters. The van der Waals surface area contributed by atoms with Gasteiger partial charge in [-0.2, -0.15) is 8.78 Å². The van der Waals surface area contributed by atoms with Gasteiger partial charge in [0, 0.05) is 18.7 Å². The van der Waals surface area contributed by atoms with Crippen molar-refractivity contribution in [1.82, 2.24) is 0 Å². The first-order valence-electron chi connectivity index (χ1n) is 4.81. The van der Waals surface area contributed by atoms with Gasteiger partial charge in [-0.3, -0.25) is 5.41 Å². The smallest absolute Gasteiger partial charge is 0.394 e. The van der Waals surface area contributed by atoms with Gasteiger partial charge in [0.05, 0.1) is 9.23 Å². The lowest BCUT2D eigenvalue weighted by Crippen LogP contribution is -2.18. The van der Waals surface area contributed by atoms with Crippen LogP contribution in [0.4, 0.5) is 14.5 Å². The SMILES string of the molecule is CC(F)(F)Oc1ccc(N/C(Br)=C\C(=N)Br)cc1. The second kappa shape index (κ2) is 6.29. The zero-order chi connectivity index (χ0) is 13.8. The van der Waals surface area contributed by atoms with Gasteiger partial charge in [0.2, 0.25) is 0 Å². The molecule has 7 heteroatoms. The maximum absolute atomic E-state index is 12.6. The molecule has 0 heterocycles. The fourth-order valence-corrected chi connectivity index (χ4v) is 2.09. The van der Waals surface area contributed by atoms with Crippen LogP contribution >= 0.6 is 31.9 Å². The van der Waals surface area contributed by atoms with E-state index in [-0.39, 0.29) is 10.4 Å². The third kappa shape index (κ3) is 6.11. The van der Waals surface area contributed by atoms with Crippen molar-refractivity contribution in [3.05, 3.63) is 34.9 Å². The van der Waals surface area contributed by atoms with Gasteiger partial charge in [0.15, 0.2) is 0 Å².